The predicted molar refractivity (Wildman–Crippen MR) is 104 cm³/mol. The van der Waals surface area contributed by atoms with E-state index in [2.05, 4.69) is 41.4 Å². The van der Waals surface area contributed by atoms with Crippen molar-refractivity contribution in [1.29, 1.82) is 0 Å². The van der Waals surface area contributed by atoms with E-state index in [0.717, 1.165) is 28.9 Å². The molecular weight excluding hydrogens is 324 g/mol. The second-order valence-corrected chi connectivity index (χ2v) is 6.01. The van der Waals surface area contributed by atoms with E-state index in [1.54, 1.807) is 6.08 Å². The Morgan fingerprint density at radius 3 is 2.62 bits per heavy atom. The van der Waals surface area contributed by atoms with Gasteiger partial charge in [-0.3, -0.25) is 0 Å². The van der Waals surface area contributed by atoms with Crippen LogP contribution in [0.1, 0.15) is 18.1 Å². The topological polar surface area (TPSA) is 41.9 Å². The van der Waals surface area contributed by atoms with Gasteiger partial charge in [0.1, 0.15) is 5.71 Å². The number of carbonyl (C=O) groups excluding carboxylic acids is 1. The maximum atomic E-state index is 12.1. The summed E-state index contributed by atoms with van der Waals surface area (Å²) in [5.74, 6) is -0.427. The van der Waals surface area contributed by atoms with Crippen LogP contribution in [-0.2, 0) is 9.63 Å². The first kappa shape index (κ1) is 16.1. The number of hydrogen-bond donors (Lipinski definition) is 0. The third kappa shape index (κ3) is 2.86. The van der Waals surface area contributed by atoms with Crippen LogP contribution >= 0.6 is 0 Å². The van der Waals surface area contributed by atoms with E-state index in [1.165, 1.54) is 0 Å². The molecule has 0 amide bonds. The van der Waals surface area contributed by atoms with E-state index >= 15 is 0 Å². The number of carbonyl (C=O) groups is 1. The minimum absolute atomic E-state index is 0.427. The van der Waals surface area contributed by atoms with Gasteiger partial charge in [0, 0.05) is 29.6 Å². The van der Waals surface area contributed by atoms with Gasteiger partial charge in [-0.2, -0.15) is 0 Å². The molecule has 0 saturated heterocycles. The van der Waals surface area contributed by atoms with Crippen LogP contribution in [0.3, 0.4) is 0 Å². The molecule has 0 atom stereocenters. The number of rotatable bonds is 3. The second kappa shape index (κ2) is 6.84. The Kier molecular flexibility index (Phi) is 4.23. The van der Waals surface area contributed by atoms with Gasteiger partial charge in [0.05, 0.1) is 5.57 Å². The van der Waals surface area contributed by atoms with Gasteiger partial charge in [-0.15, -0.1) is 0 Å². The predicted octanol–water partition coefficient (Wildman–Crippen LogP) is 4.31. The lowest BCUT2D eigenvalue weighted by atomic mass is 9.97. The molecule has 4 nitrogen and oxygen atoms in total. The number of anilines is 1. The minimum Gasteiger partial charge on any atom is -0.348 e. The first-order valence-corrected chi connectivity index (χ1v) is 8.59. The Balaban J connectivity index is 1.72. The van der Waals surface area contributed by atoms with Crippen LogP contribution in [0.4, 0.5) is 5.69 Å². The number of benzene rings is 2. The van der Waals surface area contributed by atoms with Gasteiger partial charge in [-0.25, -0.2) is 4.79 Å². The highest BCUT2D eigenvalue weighted by Crippen LogP contribution is 2.32. The van der Waals surface area contributed by atoms with Crippen molar-refractivity contribution < 1.29 is 9.63 Å². The Labute approximate surface area is 152 Å². The van der Waals surface area contributed by atoms with Crippen molar-refractivity contribution >= 4 is 22.9 Å². The maximum absolute atomic E-state index is 12.1. The van der Waals surface area contributed by atoms with E-state index in [9.17, 15) is 4.79 Å². The molecule has 2 aromatic carbocycles. The van der Waals surface area contributed by atoms with Crippen molar-refractivity contribution in [3.8, 4) is 0 Å². The summed E-state index contributed by atoms with van der Waals surface area (Å²) in [6.45, 7) is 3.02. The van der Waals surface area contributed by atoms with Gasteiger partial charge in [-0.05, 0) is 30.7 Å². The molecule has 0 unspecified atom stereocenters. The summed E-state index contributed by atoms with van der Waals surface area (Å²) in [5, 5.41) is 3.95. The van der Waals surface area contributed by atoms with Crippen LogP contribution in [0.15, 0.2) is 89.8 Å². The zero-order valence-electron chi connectivity index (χ0n) is 14.4. The number of para-hydroxylation sites is 1. The van der Waals surface area contributed by atoms with E-state index in [1.807, 2.05) is 48.5 Å². The number of oxime groups is 1. The molecule has 0 radical (unpaired) electrons. The Hall–Kier alpha value is -3.40. The lowest BCUT2D eigenvalue weighted by Crippen LogP contribution is -2.18. The molecule has 4 heteroatoms. The highest BCUT2D eigenvalue weighted by atomic mass is 16.7. The average molecular weight is 342 g/mol. The summed E-state index contributed by atoms with van der Waals surface area (Å²) in [6.07, 6.45) is 7.86. The van der Waals surface area contributed by atoms with Crippen LogP contribution in [0.2, 0.25) is 0 Å². The van der Waals surface area contributed by atoms with E-state index in [4.69, 9.17) is 4.84 Å². The van der Waals surface area contributed by atoms with E-state index in [0.29, 0.717) is 11.3 Å². The van der Waals surface area contributed by atoms with Gasteiger partial charge >= 0.3 is 5.97 Å². The largest absolute Gasteiger partial charge is 0.368 e. The maximum Gasteiger partial charge on any atom is 0.368 e. The first-order valence-electron chi connectivity index (χ1n) is 8.59. The average Bonchev–Trinajstić information content (AvgIpc) is 3.07. The first-order chi connectivity index (χ1) is 12.8. The van der Waals surface area contributed by atoms with Crippen molar-refractivity contribution in [3.63, 3.8) is 0 Å². The van der Waals surface area contributed by atoms with Gasteiger partial charge in [0.15, 0.2) is 0 Å². The summed E-state index contributed by atoms with van der Waals surface area (Å²) in [5.41, 5.74) is 5.24. The number of hydrogen-bond acceptors (Lipinski definition) is 4. The van der Waals surface area contributed by atoms with Crippen molar-refractivity contribution in [3.05, 3.63) is 95.7 Å². The summed E-state index contributed by atoms with van der Waals surface area (Å²) >= 11 is 0. The highest BCUT2D eigenvalue weighted by Gasteiger charge is 2.26. The standard InChI is InChI=1S/C22H18N2O2/c1-2-24-15-14-16(18-10-6-7-11-20(18)24)12-13-19-21(23-26-22(19)25)17-8-4-3-5-9-17/h3-15H,2H2,1H3. The van der Waals surface area contributed by atoms with Crippen molar-refractivity contribution in [2.75, 3.05) is 11.4 Å². The molecule has 128 valence electrons. The molecule has 0 aliphatic carbocycles. The molecule has 0 N–H and O–H groups in total. The molecule has 0 fully saturated rings. The van der Waals surface area contributed by atoms with Crippen LogP contribution in [-0.4, -0.2) is 18.2 Å². The summed E-state index contributed by atoms with van der Waals surface area (Å²) in [6, 6.07) is 17.8. The third-order valence-electron chi connectivity index (χ3n) is 4.47. The van der Waals surface area contributed by atoms with Gasteiger partial charge in [0.2, 0.25) is 0 Å². The summed E-state index contributed by atoms with van der Waals surface area (Å²) in [7, 11) is 0. The molecule has 2 aromatic rings. The van der Waals surface area contributed by atoms with Gasteiger partial charge < -0.3 is 9.74 Å². The molecular formula is C22H18N2O2. The van der Waals surface area contributed by atoms with Crippen molar-refractivity contribution in [2.45, 2.75) is 6.92 Å². The van der Waals surface area contributed by atoms with Gasteiger partial charge in [0.25, 0.3) is 0 Å². The quantitative estimate of drug-likeness (QED) is 0.616. The second-order valence-electron chi connectivity index (χ2n) is 6.01. The smallest absolute Gasteiger partial charge is 0.348 e. The van der Waals surface area contributed by atoms with Crippen LogP contribution in [0.25, 0.3) is 5.57 Å². The van der Waals surface area contributed by atoms with E-state index in [-0.39, 0.29) is 0 Å². The third-order valence-corrected chi connectivity index (χ3v) is 4.47. The minimum atomic E-state index is -0.427. The molecule has 2 aliphatic heterocycles. The zero-order chi connectivity index (χ0) is 17.9. The Morgan fingerprint density at radius 1 is 1.04 bits per heavy atom. The molecule has 0 spiro atoms. The molecule has 26 heavy (non-hydrogen) atoms. The van der Waals surface area contributed by atoms with Crippen LogP contribution in [0.5, 0.6) is 0 Å². The normalized spacial score (nSPS) is 18.9. The number of allylic oxidation sites excluding steroid dienone is 4. The monoisotopic (exact) mass is 342 g/mol. The molecule has 0 bridgehead atoms. The van der Waals surface area contributed by atoms with Gasteiger partial charge in [-0.1, -0.05) is 59.8 Å². The number of fused-ring (bicyclic) bond motifs is 1. The fourth-order valence-corrected chi connectivity index (χ4v) is 3.14. The van der Waals surface area contributed by atoms with Crippen LogP contribution in [0, 0.1) is 0 Å². The SMILES string of the molecule is CCN1C=CC(=CC=C2C(=O)ON=C2c2ccccc2)c2ccccc21. The lowest BCUT2D eigenvalue weighted by Gasteiger charge is -2.26. The highest BCUT2D eigenvalue weighted by molar-refractivity contribution is 6.29. The summed E-state index contributed by atoms with van der Waals surface area (Å²) < 4.78 is 0. The fraction of sp³-hybridized carbons (Fsp3) is 0.0909. The van der Waals surface area contributed by atoms with Crippen molar-refractivity contribution in [2.24, 2.45) is 5.16 Å². The van der Waals surface area contributed by atoms with Crippen LogP contribution < -0.4 is 4.90 Å². The molecule has 2 heterocycles. The number of nitrogens with zero attached hydrogens (tertiary/aromatic N) is 2. The molecule has 4 rings (SSSR count). The lowest BCUT2D eigenvalue weighted by molar-refractivity contribution is -0.136. The zero-order valence-corrected chi connectivity index (χ0v) is 14.4. The molecule has 0 aromatic heterocycles. The molecule has 0 saturated carbocycles. The Bertz CT molecular complexity index is 969. The van der Waals surface area contributed by atoms with E-state index < -0.39 is 5.97 Å². The van der Waals surface area contributed by atoms with Crippen molar-refractivity contribution in [1.82, 2.24) is 0 Å². The Morgan fingerprint density at radius 2 is 1.81 bits per heavy atom. The molecule has 2 aliphatic rings. The summed E-state index contributed by atoms with van der Waals surface area (Å²) in [4.78, 5) is 19.2. The fourth-order valence-electron chi connectivity index (χ4n) is 3.14.